The van der Waals surface area contributed by atoms with Gasteiger partial charge in [0, 0.05) is 30.0 Å². The van der Waals surface area contributed by atoms with Crippen molar-refractivity contribution in [3.8, 4) is 11.8 Å². The Morgan fingerprint density at radius 2 is 2.10 bits per heavy atom. The average Bonchev–Trinajstić information content (AvgIpc) is 2.37. The van der Waals surface area contributed by atoms with Crippen LogP contribution in [-0.4, -0.2) is 23.0 Å². The van der Waals surface area contributed by atoms with Gasteiger partial charge >= 0.3 is 5.97 Å². The molecule has 0 fully saturated rings. The molecule has 0 atom stereocenters. The van der Waals surface area contributed by atoms with Crippen molar-refractivity contribution in [2.24, 2.45) is 0 Å². The van der Waals surface area contributed by atoms with E-state index in [-0.39, 0.29) is 18.4 Å². The number of benzene rings is 1. The summed E-state index contributed by atoms with van der Waals surface area (Å²) in [5.74, 6) is 4.94. The standard InChI is InChI=1S/C16H19NO3/c1-12(2)17-16(20)14-9-6-8-13(11-14)7-4-3-5-10-15(18)19/h6,8-9,11-12H,3,5,10H2,1-2H3,(H,17,20)(H,18,19). The van der Waals surface area contributed by atoms with Gasteiger partial charge < -0.3 is 10.4 Å². The highest BCUT2D eigenvalue weighted by Gasteiger charge is 2.06. The van der Waals surface area contributed by atoms with Crippen LogP contribution in [0.15, 0.2) is 24.3 Å². The van der Waals surface area contributed by atoms with E-state index in [0.29, 0.717) is 18.4 Å². The van der Waals surface area contributed by atoms with E-state index in [1.165, 1.54) is 0 Å². The Labute approximate surface area is 119 Å². The van der Waals surface area contributed by atoms with Gasteiger partial charge in [-0.3, -0.25) is 9.59 Å². The van der Waals surface area contributed by atoms with Gasteiger partial charge in [0.2, 0.25) is 0 Å². The maximum Gasteiger partial charge on any atom is 0.303 e. The van der Waals surface area contributed by atoms with Gasteiger partial charge in [0.1, 0.15) is 0 Å². The van der Waals surface area contributed by atoms with Crippen LogP contribution in [0.3, 0.4) is 0 Å². The van der Waals surface area contributed by atoms with Crippen molar-refractivity contribution >= 4 is 11.9 Å². The Balaban J connectivity index is 2.62. The molecule has 0 radical (unpaired) electrons. The van der Waals surface area contributed by atoms with E-state index in [0.717, 1.165) is 5.56 Å². The molecule has 1 amide bonds. The molecule has 0 bridgehead atoms. The van der Waals surface area contributed by atoms with Gasteiger partial charge in [0.25, 0.3) is 5.91 Å². The van der Waals surface area contributed by atoms with Crippen LogP contribution in [0.1, 0.15) is 49.0 Å². The summed E-state index contributed by atoms with van der Waals surface area (Å²) in [4.78, 5) is 22.2. The first-order valence-corrected chi connectivity index (χ1v) is 6.60. The number of unbranched alkanes of at least 4 members (excludes halogenated alkanes) is 1. The first-order chi connectivity index (χ1) is 9.49. The summed E-state index contributed by atoms with van der Waals surface area (Å²) in [5.41, 5.74) is 1.34. The summed E-state index contributed by atoms with van der Waals surface area (Å²) < 4.78 is 0. The molecular formula is C16H19NO3. The molecule has 1 aromatic rings. The van der Waals surface area contributed by atoms with E-state index < -0.39 is 5.97 Å². The second kappa shape index (κ2) is 8.00. The molecule has 0 aliphatic rings. The molecule has 0 aliphatic carbocycles. The first-order valence-electron chi connectivity index (χ1n) is 6.60. The highest BCUT2D eigenvalue weighted by molar-refractivity contribution is 5.94. The number of carboxylic acids is 1. The number of carbonyl (C=O) groups excluding carboxylic acids is 1. The Hall–Kier alpha value is -2.28. The molecule has 0 aromatic heterocycles. The summed E-state index contributed by atoms with van der Waals surface area (Å²) in [7, 11) is 0. The molecule has 2 N–H and O–H groups in total. The number of carboxylic acid groups (broad SMARTS) is 1. The molecular weight excluding hydrogens is 254 g/mol. The van der Waals surface area contributed by atoms with Crippen molar-refractivity contribution in [3.63, 3.8) is 0 Å². The van der Waals surface area contributed by atoms with Crippen molar-refractivity contribution in [2.75, 3.05) is 0 Å². The van der Waals surface area contributed by atoms with Crippen LogP contribution in [0.25, 0.3) is 0 Å². The van der Waals surface area contributed by atoms with Crippen LogP contribution in [0.2, 0.25) is 0 Å². The molecule has 0 saturated carbocycles. The van der Waals surface area contributed by atoms with Crippen molar-refractivity contribution < 1.29 is 14.7 Å². The Morgan fingerprint density at radius 1 is 1.35 bits per heavy atom. The monoisotopic (exact) mass is 273 g/mol. The first kappa shape index (κ1) is 15.8. The topological polar surface area (TPSA) is 66.4 Å². The lowest BCUT2D eigenvalue weighted by atomic mass is 10.1. The molecule has 4 nitrogen and oxygen atoms in total. The normalized spacial score (nSPS) is 9.75. The van der Waals surface area contributed by atoms with E-state index in [1.54, 1.807) is 18.2 Å². The summed E-state index contributed by atoms with van der Waals surface area (Å²) in [6.45, 7) is 3.81. The van der Waals surface area contributed by atoms with E-state index in [4.69, 9.17) is 5.11 Å². The van der Waals surface area contributed by atoms with Gasteiger partial charge in [-0.15, -0.1) is 0 Å². The molecule has 20 heavy (non-hydrogen) atoms. The van der Waals surface area contributed by atoms with Gasteiger partial charge in [-0.05, 0) is 38.5 Å². The number of hydrogen-bond donors (Lipinski definition) is 2. The number of nitrogens with one attached hydrogen (secondary N) is 1. The van der Waals surface area contributed by atoms with E-state index >= 15 is 0 Å². The van der Waals surface area contributed by atoms with Crippen molar-refractivity contribution in [2.45, 2.75) is 39.2 Å². The van der Waals surface area contributed by atoms with Crippen molar-refractivity contribution in [1.82, 2.24) is 5.32 Å². The third-order valence-electron chi connectivity index (χ3n) is 2.47. The van der Waals surface area contributed by atoms with Crippen molar-refractivity contribution in [3.05, 3.63) is 35.4 Å². The molecule has 0 aliphatic heterocycles. The Morgan fingerprint density at radius 3 is 2.75 bits per heavy atom. The molecule has 4 heteroatoms. The molecule has 0 unspecified atom stereocenters. The third-order valence-corrected chi connectivity index (χ3v) is 2.47. The van der Waals surface area contributed by atoms with E-state index in [9.17, 15) is 9.59 Å². The summed E-state index contributed by atoms with van der Waals surface area (Å²) in [6.07, 6.45) is 1.20. The predicted octanol–water partition coefficient (Wildman–Crippen LogP) is 2.43. The minimum atomic E-state index is -0.806. The maximum atomic E-state index is 11.8. The molecule has 106 valence electrons. The van der Waals surface area contributed by atoms with Crippen LogP contribution >= 0.6 is 0 Å². The Kier molecular flexibility index (Phi) is 6.31. The smallest absolute Gasteiger partial charge is 0.303 e. The summed E-state index contributed by atoms with van der Waals surface area (Å²) >= 11 is 0. The zero-order valence-electron chi connectivity index (χ0n) is 11.8. The van der Waals surface area contributed by atoms with E-state index in [2.05, 4.69) is 17.2 Å². The lowest BCUT2D eigenvalue weighted by molar-refractivity contribution is -0.137. The molecule has 0 spiro atoms. The average molecular weight is 273 g/mol. The van der Waals surface area contributed by atoms with Gasteiger partial charge in [-0.1, -0.05) is 17.9 Å². The van der Waals surface area contributed by atoms with E-state index in [1.807, 2.05) is 19.9 Å². The van der Waals surface area contributed by atoms with Crippen LogP contribution in [0, 0.1) is 11.8 Å². The van der Waals surface area contributed by atoms with Crippen LogP contribution in [0.5, 0.6) is 0 Å². The fourth-order valence-electron chi connectivity index (χ4n) is 1.58. The third kappa shape index (κ3) is 6.05. The highest BCUT2D eigenvalue weighted by Crippen LogP contribution is 2.05. The van der Waals surface area contributed by atoms with Crippen LogP contribution < -0.4 is 5.32 Å². The van der Waals surface area contributed by atoms with Gasteiger partial charge in [-0.2, -0.15) is 0 Å². The predicted molar refractivity (Wildman–Crippen MR) is 77.4 cm³/mol. The minimum Gasteiger partial charge on any atom is -0.481 e. The highest BCUT2D eigenvalue weighted by atomic mass is 16.4. The SMILES string of the molecule is CC(C)NC(=O)c1cccc(C#CCCCC(=O)O)c1. The van der Waals surface area contributed by atoms with Gasteiger partial charge in [0.05, 0.1) is 0 Å². The van der Waals surface area contributed by atoms with Gasteiger partial charge in [-0.25, -0.2) is 0 Å². The zero-order valence-corrected chi connectivity index (χ0v) is 11.8. The molecule has 0 heterocycles. The number of hydrogen-bond acceptors (Lipinski definition) is 2. The molecule has 1 aromatic carbocycles. The number of aliphatic carboxylic acids is 1. The number of carbonyl (C=O) groups is 2. The second-order valence-corrected chi connectivity index (χ2v) is 4.76. The maximum absolute atomic E-state index is 11.8. The summed E-state index contributed by atoms with van der Waals surface area (Å²) in [6, 6.07) is 7.19. The quantitative estimate of drug-likeness (QED) is 0.639. The second-order valence-electron chi connectivity index (χ2n) is 4.76. The molecule has 0 saturated heterocycles. The summed E-state index contributed by atoms with van der Waals surface area (Å²) in [5, 5.41) is 11.3. The minimum absolute atomic E-state index is 0.0910. The zero-order chi connectivity index (χ0) is 15.0. The lowest BCUT2D eigenvalue weighted by Gasteiger charge is -2.08. The Bertz CT molecular complexity index is 538. The van der Waals surface area contributed by atoms with Gasteiger partial charge in [0.15, 0.2) is 0 Å². The van der Waals surface area contributed by atoms with Crippen LogP contribution in [0.4, 0.5) is 0 Å². The van der Waals surface area contributed by atoms with Crippen molar-refractivity contribution in [1.29, 1.82) is 0 Å². The largest absolute Gasteiger partial charge is 0.481 e. The fraction of sp³-hybridized carbons (Fsp3) is 0.375. The fourth-order valence-corrected chi connectivity index (χ4v) is 1.58. The number of rotatable bonds is 5. The molecule has 1 rings (SSSR count). The van der Waals surface area contributed by atoms with Crippen LogP contribution in [-0.2, 0) is 4.79 Å². The number of amides is 1. The lowest BCUT2D eigenvalue weighted by Crippen LogP contribution is -2.30.